The largest absolute Gasteiger partial charge is 0.507 e. The second-order valence-corrected chi connectivity index (χ2v) is 10.7. The fourth-order valence-corrected chi connectivity index (χ4v) is 3.80. The number of phenols is 1. The molecule has 0 saturated heterocycles. The SMILES string of the molecule is COc1ccc(/C=N/NC(=Nc2ccccc2)c2cc(C(C)(C)C)c(O)c(C(C)(C)C)c2)cc1OC. The van der Waals surface area contributed by atoms with E-state index >= 15 is 0 Å². The number of aliphatic imine (C=N–C) groups is 1. The summed E-state index contributed by atoms with van der Waals surface area (Å²) in [5, 5.41) is 15.6. The fraction of sp³-hybridized carbons (Fsp3) is 0.333. The summed E-state index contributed by atoms with van der Waals surface area (Å²) >= 11 is 0. The first-order valence-corrected chi connectivity index (χ1v) is 12.0. The Labute approximate surface area is 214 Å². The predicted octanol–water partition coefficient (Wildman–Crippen LogP) is 6.71. The number of methoxy groups -OCH3 is 2. The van der Waals surface area contributed by atoms with Crippen molar-refractivity contribution in [2.24, 2.45) is 10.1 Å². The minimum absolute atomic E-state index is 0.263. The average molecular weight is 488 g/mol. The smallest absolute Gasteiger partial charge is 0.161 e. The lowest BCUT2D eigenvalue weighted by Gasteiger charge is -2.28. The van der Waals surface area contributed by atoms with Gasteiger partial charge in [-0.05, 0) is 58.9 Å². The molecule has 0 aromatic heterocycles. The Kier molecular flexibility index (Phi) is 8.08. The van der Waals surface area contributed by atoms with Crippen LogP contribution in [0.3, 0.4) is 0 Å². The molecule has 0 aliphatic rings. The van der Waals surface area contributed by atoms with Crippen molar-refractivity contribution in [3.63, 3.8) is 0 Å². The third kappa shape index (κ3) is 6.45. The van der Waals surface area contributed by atoms with Crippen molar-refractivity contribution in [2.75, 3.05) is 14.2 Å². The van der Waals surface area contributed by atoms with E-state index in [1.807, 2.05) is 60.7 Å². The van der Waals surface area contributed by atoms with Gasteiger partial charge in [0, 0.05) is 16.7 Å². The fourth-order valence-electron chi connectivity index (χ4n) is 3.80. The molecule has 6 heteroatoms. The number of para-hydroxylation sites is 1. The predicted molar refractivity (Wildman–Crippen MR) is 148 cm³/mol. The topological polar surface area (TPSA) is 75.4 Å². The highest BCUT2D eigenvalue weighted by molar-refractivity contribution is 6.01. The summed E-state index contributed by atoms with van der Waals surface area (Å²) in [7, 11) is 3.21. The maximum atomic E-state index is 11.2. The van der Waals surface area contributed by atoms with Crippen LogP contribution in [0.4, 0.5) is 5.69 Å². The Morgan fingerprint density at radius 3 is 1.92 bits per heavy atom. The lowest BCUT2D eigenvalue weighted by Crippen LogP contribution is -2.23. The van der Waals surface area contributed by atoms with Crippen LogP contribution < -0.4 is 14.9 Å². The molecular weight excluding hydrogens is 450 g/mol. The molecule has 0 atom stereocenters. The Morgan fingerprint density at radius 1 is 0.806 bits per heavy atom. The van der Waals surface area contributed by atoms with Gasteiger partial charge in [-0.3, -0.25) is 5.43 Å². The van der Waals surface area contributed by atoms with Crippen molar-refractivity contribution in [3.05, 3.63) is 82.9 Å². The number of aromatic hydroxyl groups is 1. The molecule has 0 spiro atoms. The molecule has 0 aliphatic carbocycles. The van der Waals surface area contributed by atoms with Gasteiger partial charge < -0.3 is 14.6 Å². The van der Waals surface area contributed by atoms with Crippen LogP contribution in [0.25, 0.3) is 0 Å². The molecule has 0 aliphatic heterocycles. The van der Waals surface area contributed by atoms with Gasteiger partial charge in [0.05, 0.1) is 26.1 Å². The van der Waals surface area contributed by atoms with E-state index in [1.165, 1.54) is 0 Å². The first kappa shape index (κ1) is 26.8. The molecule has 0 fully saturated rings. The quantitative estimate of drug-likeness (QED) is 0.230. The number of amidine groups is 1. The van der Waals surface area contributed by atoms with Gasteiger partial charge in [0.1, 0.15) is 5.75 Å². The third-order valence-electron chi connectivity index (χ3n) is 5.79. The van der Waals surface area contributed by atoms with Crippen LogP contribution >= 0.6 is 0 Å². The van der Waals surface area contributed by atoms with Crippen molar-refractivity contribution in [2.45, 2.75) is 52.4 Å². The molecule has 3 rings (SSSR count). The van der Waals surface area contributed by atoms with E-state index in [2.05, 4.69) is 52.1 Å². The zero-order chi connectivity index (χ0) is 26.5. The highest BCUT2D eigenvalue weighted by Gasteiger charge is 2.27. The maximum absolute atomic E-state index is 11.2. The van der Waals surface area contributed by atoms with Gasteiger partial charge in [0.15, 0.2) is 17.3 Å². The lowest BCUT2D eigenvalue weighted by molar-refractivity contribution is 0.355. The van der Waals surface area contributed by atoms with E-state index < -0.39 is 0 Å². The molecule has 36 heavy (non-hydrogen) atoms. The summed E-state index contributed by atoms with van der Waals surface area (Å²) in [6.07, 6.45) is 1.71. The number of nitrogens with zero attached hydrogens (tertiary/aromatic N) is 2. The number of phenolic OH excluding ortho intramolecular Hbond substituents is 1. The Hall–Kier alpha value is -3.80. The van der Waals surface area contributed by atoms with Crippen molar-refractivity contribution >= 4 is 17.7 Å². The van der Waals surface area contributed by atoms with Crippen LogP contribution in [0.5, 0.6) is 17.2 Å². The standard InChI is InChI=1S/C30H37N3O3/c1-29(2,3)23-17-21(18-24(27(23)34)30(4,5)6)28(32-22-12-10-9-11-13-22)33-31-19-20-14-15-25(35-7)26(16-20)36-8/h9-19,34H,1-8H3,(H,32,33)/b31-19+. The number of rotatable bonds is 6. The Bertz CT molecular complexity index is 1220. The first-order chi connectivity index (χ1) is 16.9. The normalized spacial score (nSPS) is 12.6. The minimum atomic E-state index is -0.263. The second kappa shape index (κ2) is 10.9. The molecule has 190 valence electrons. The molecule has 0 saturated carbocycles. The van der Waals surface area contributed by atoms with Gasteiger partial charge >= 0.3 is 0 Å². The first-order valence-electron chi connectivity index (χ1n) is 12.0. The molecule has 3 aromatic rings. The monoisotopic (exact) mass is 487 g/mol. The number of ether oxygens (including phenoxy) is 2. The minimum Gasteiger partial charge on any atom is -0.507 e. The van der Waals surface area contributed by atoms with Crippen molar-refractivity contribution in [1.82, 2.24) is 5.43 Å². The summed E-state index contributed by atoms with van der Waals surface area (Å²) < 4.78 is 10.7. The molecular formula is C30H37N3O3. The highest BCUT2D eigenvalue weighted by atomic mass is 16.5. The van der Waals surface area contributed by atoms with E-state index in [0.717, 1.165) is 27.9 Å². The number of hydrogen-bond acceptors (Lipinski definition) is 5. The number of hydrogen-bond donors (Lipinski definition) is 2. The van der Waals surface area contributed by atoms with Crippen LogP contribution in [0.2, 0.25) is 0 Å². The van der Waals surface area contributed by atoms with Gasteiger partial charge in [-0.2, -0.15) is 5.10 Å². The summed E-state index contributed by atoms with van der Waals surface area (Å²) in [6, 6.07) is 19.3. The molecule has 0 heterocycles. The number of hydrazone groups is 1. The van der Waals surface area contributed by atoms with E-state index in [1.54, 1.807) is 20.4 Å². The Balaban J connectivity index is 2.10. The molecule has 0 bridgehead atoms. The van der Waals surface area contributed by atoms with E-state index in [-0.39, 0.29) is 10.8 Å². The zero-order valence-corrected chi connectivity index (χ0v) is 22.5. The maximum Gasteiger partial charge on any atom is 0.161 e. The van der Waals surface area contributed by atoms with Crippen LogP contribution in [0.15, 0.2) is 70.8 Å². The third-order valence-corrected chi connectivity index (χ3v) is 5.79. The number of nitrogens with one attached hydrogen (secondary N) is 1. The Morgan fingerprint density at radius 2 is 1.39 bits per heavy atom. The molecule has 0 amide bonds. The van der Waals surface area contributed by atoms with Crippen molar-refractivity contribution in [3.8, 4) is 17.2 Å². The lowest BCUT2D eigenvalue weighted by atomic mass is 9.78. The van der Waals surface area contributed by atoms with Crippen LogP contribution in [-0.4, -0.2) is 31.4 Å². The molecule has 2 N–H and O–H groups in total. The van der Waals surface area contributed by atoms with E-state index in [4.69, 9.17) is 14.5 Å². The van der Waals surface area contributed by atoms with Crippen molar-refractivity contribution < 1.29 is 14.6 Å². The molecule has 6 nitrogen and oxygen atoms in total. The number of benzene rings is 3. The van der Waals surface area contributed by atoms with E-state index in [9.17, 15) is 5.11 Å². The van der Waals surface area contributed by atoms with Crippen LogP contribution in [0, 0.1) is 0 Å². The molecule has 0 radical (unpaired) electrons. The summed E-state index contributed by atoms with van der Waals surface area (Å²) in [5.41, 5.74) is 6.81. The van der Waals surface area contributed by atoms with Crippen molar-refractivity contribution in [1.29, 1.82) is 0 Å². The average Bonchev–Trinajstić information content (AvgIpc) is 2.82. The highest BCUT2D eigenvalue weighted by Crippen LogP contribution is 2.40. The zero-order valence-electron chi connectivity index (χ0n) is 22.5. The summed E-state index contributed by atoms with van der Waals surface area (Å²) in [6.45, 7) is 12.6. The molecule has 0 unspecified atom stereocenters. The van der Waals surface area contributed by atoms with Gasteiger partial charge in [0.2, 0.25) is 0 Å². The van der Waals surface area contributed by atoms with Gasteiger partial charge in [-0.15, -0.1) is 0 Å². The van der Waals surface area contributed by atoms with Gasteiger partial charge in [-0.1, -0.05) is 59.7 Å². The summed E-state index contributed by atoms with van der Waals surface area (Å²) in [4.78, 5) is 4.86. The van der Waals surface area contributed by atoms with Crippen LogP contribution in [0.1, 0.15) is 63.8 Å². The van der Waals surface area contributed by atoms with Gasteiger partial charge in [-0.25, -0.2) is 4.99 Å². The summed E-state index contributed by atoms with van der Waals surface area (Å²) in [5.74, 6) is 2.19. The second-order valence-electron chi connectivity index (χ2n) is 10.7. The van der Waals surface area contributed by atoms with E-state index in [0.29, 0.717) is 23.1 Å². The molecule has 3 aromatic carbocycles. The van der Waals surface area contributed by atoms with Crippen LogP contribution in [-0.2, 0) is 10.8 Å². The van der Waals surface area contributed by atoms with Gasteiger partial charge in [0.25, 0.3) is 0 Å².